The lowest BCUT2D eigenvalue weighted by atomic mass is 9.97. The number of hydrogen-bond donors (Lipinski definition) is 1. The number of furan rings is 1. The molecule has 1 heterocycles. The van der Waals surface area contributed by atoms with Gasteiger partial charge in [0.25, 0.3) is 0 Å². The molecule has 1 aromatic carbocycles. The van der Waals surface area contributed by atoms with Crippen molar-refractivity contribution in [3.63, 3.8) is 0 Å². The van der Waals surface area contributed by atoms with Gasteiger partial charge in [0.05, 0.1) is 6.04 Å². The lowest BCUT2D eigenvalue weighted by Crippen LogP contribution is -2.23. The lowest BCUT2D eigenvalue weighted by Gasteiger charge is -2.19. The summed E-state index contributed by atoms with van der Waals surface area (Å²) in [7, 11) is 0. The van der Waals surface area contributed by atoms with Crippen LogP contribution in [-0.2, 0) is 0 Å². The summed E-state index contributed by atoms with van der Waals surface area (Å²) in [6, 6.07) is 4.68. The number of hydrogen-bond acceptors (Lipinski definition) is 2. The van der Waals surface area contributed by atoms with Gasteiger partial charge >= 0.3 is 0 Å². The number of nitrogens with one attached hydrogen (secondary N) is 1. The molecule has 2 nitrogen and oxygen atoms in total. The van der Waals surface area contributed by atoms with E-state index >= 15 is 0 Å². The Labute approximate surface area is 117 Å². The van der Waals surface area contributed by atoms with Gasteiger partial charge in [-0.2, -0.15) is 0 Å². The maximum atomic E-state index is 14.2. The first kappa shape index (κ1) is 14.7. The molecule has 4 heteroatoms. The highest BCUT2D eigenvalue weighted by Crippen LogP contribution is 2.30. The van der Waals surface area contributed by atoms with Crippen LogP contribution in [0.2, 0.25) is 0 Å². The van der Waals surface area contributed by atoms with Crippen LogP contribution < -0.4 is 5.32 Å². The average Bonchev–Trinajstić information content (AvgIpc) is 2.73. The van der Waals surface area contributed by atoms with Crippen LogP contribution in [0.25, 0.3) is 0 Å². The third kappa shape index (κ3) is 2.61. The number of aryl methyl sites for hydroxylation is 3. The third-order valence-corrected chi connectivity index (χ3v) is 3.41. The molecular formula is C16H19F2NO. The molecular weight excluding hydrogens is 260 g/mol. The van der Waals surface area contributed by atoms with Crippen molar-refractivity contribution < 1.29 is 13.2 Å². The molecule has 20 heavy (non-hydrogen) atoms. The molecule has 0 saturated heterocycles. The van der Waals surface area contributed by atoms with Gasteiger partial charge in [-0.15, -0.1) is 0 Å². The molecule has 2 rings (SSSR count). The van der Waals surface area contributed by atoms with Gasteiger partial charge in [-0.05, 0) is 38.9 Å². The predicted molar refractivity (Wildman–Crippen MR) is 74.8 cm³/mol. The Kier molecular flexibility index (Phi) is 4.23. The number of rotatable bonds is 4. The van der Waals surface area contributed by atoms with Gasteiger partial charge in [0.15, 0.2) is 11.6 Å². The van der Waals surface area contributed by atoms with Crippen LogP contribution in [-0.4, -0.2) is 6.54 Å². The van der Waals surface area contributed by atoms with E-state index in [1.54, 1.807) is 19.1 Å². The Morgan fingerprint density at radius 3 is 2.35 bits per heavy atom. The van der Waals surface area contributed by atoms with E-state index in [9.17, 15) is 8.78 Å². The van der Waals surface area contributed by atoms with E-state index in [4.69, 9.17) is 4.42 Å². The van der Waals surface area contributed by atoms with E-state index in [-0.39, 0.29) is 0 Å². The Balaban J connectivity index is 2.54. The molecule has 0 aliphatic heterocycles. The molecule has 1 unspecified atom stereocenters. The van der Waals surface area contributed by atoms with Crippen molar-refractivity contribution in [1.82, 2.24) is 5.32 Å². The van der Waals surface area contributed by atoms with E-state index < -0.39 is 17.7 Å². The monoisotopic (exact) mass is 279 g/mol. The van der Waals surface area contributed by atoms with Crippen molar-refractivity contribution in [1.29, 1.82) is 0 Å². The Morgan fingerprint density at radius 2 is 1.80 bits per heavy atom. The molecule has 1 atom stereocenters. The SMILES string of the molecule is CCNC(c1cc(C)oc1C)c1ccc(C)c(F)c1F. The quantitative estimate of drug-likeness (QED) is 0.908. The highest BCUT2D eigenvalue weighted by molar-refractivity contribution is 5.37. The summed E-state index contributed by atoms with van der Waals surface area (Å²) in [5.74, 6) is -0.111. The second-order valence-electron chi connectivity index (χ2n) is 4.96. The van der Waals surface area contributed by atoms with E-state index in [2.05, 4.69) is 5.32 Å². The van der Waals surface area contributed by atoms with Crippen LogP contribution in [0.1, 0.15) is 41.2 Å². The van der Waals surface area contributed by atoms with E-state index in [1.807, 2.05) is 26.8 Å². The molecule has 0 aliphatic carbocycles. The molecule has 2 aromatic rings. The Hall–Kier alpha value is -1.68. The Morgan fingerprint density at radius 1 is 1.10 bits per heavy atom. The molecule has 108 valence electrons. The second kappa shape index (κ2) is 5.75. The summed E-state index contributed by atoms with van der Waals surface area (Å²) in [6.07, 6.45) is 0. The molecule has 0 amide bonds. The maximum Gasteiger partial charge on any atom is 0.164 e. The summed E-state index contributed by atoms with van der Waals surface area (Å²) in [6.45, 7) is 7.79. The van der Waals surface area contributed by atoms with Gasteiger partial charge in [0, 0.05) is 11.1 Å². The minimum atomic E-state index is -0.797. The first-order valence-electron chi connectivity index (χ1n) is 6.70. The fraction of sp³-hybridized carbons (Fsp3) is 0.375. The molecule has 0 fully saturated rings. The van der Waals surface area contributed by atoms with Gasteiger partial charge < -0.3 is 9.73 Å². The van der Waals surface area contributed by atoms with Gasteiger partial charge in [-0.25, -0.2) is 8.78 Å². The van der Waals surface area contributed by atoms with E-state index in [0.29, 0.717) is 23.4 Å². The molecule has 0 spiro atoms. The zero-order valence-electron chi connectivity index (χ0n) is 12.2. The fourth-order valence-electron chi connectivity index (χ4n) is 2.41. The molecule has 1 N–H and O–H groups in total. The molecule has 1 aromatic heterocycles. The first-order valence-corrected chi connectivity index (χ1v) is 6.70. The van der Waals surface area contributed by atoms with Crippen LogP contribution in [0.15, 0.2) is 22.6 Å². The minimum absolute atomic E-state index is 0.304. The van der Waals surface area contributed by atoms with Crippen LogP contribution in [0.3, 0.4) is 0 Å². The van der Waals surface area contributed by atoms with Crippen molar-refractivity contribution in [3.8, 4) is 0 Å². The summed E-state index contributed by atoms with van der Waals surface area (Å²) >= 11 is 0. The normalized spacial score (nSPS) is 12.7. The molecule has 0 bridgehead atoms. The average molecular weight is 279 g/mol. The molecule has 0 aliphatic rings. The molecule has 0 saturated carbocycles. The summed E-state index contributed by atoms with van der Waals surface area (Å²) in [5.41, 5.74) is 1.45. The smallest absolute Gasteiger partial charge is 0.164 e. The summed E-state index contributed by atoms with van der Waals surface area (Å²) in [4.78, 5) is 0. The van der Waals surface area contributed by atoms with Crippen molar-refractivity contribution in [2.24, 2.45) is 0 Å². The zero-order chi connectivity index (χ0) is 14.9. The largest absolute Gasteiger partial charge is 0.466 e. The minimum Gasteiger partial charge on any atom is -0.466 e. The van der Waals surface area contributed by atoms with Crippen LogP contribution >= 0.6 is 0 Å². The van der Waals surface area contributed by atoms with Gasteiger partial charge in [0.2, 0.25) is 0 Å². The van der Waals surface area contributed by atoms with Crippen molar-refractivity contribution in [2.75, 3.05) is 6.54 Å². The molecule has 0 radical (unpaired) electrons. The second-order valence-corrected chi connectivity index (χ2v) is 4.96. The number of benzene rings is 1. The third-order valence-electron chi connectivity index (χ3n) is 3.41. The number of halogens is 2. The van der Waals surface area contributed by atoms with Crippen molar-refractivity contribution in [2.45, 2.75) is 33.7 Å². The first-order chi connectivity index (χ1) is 9.45. The maximum absolute atomic E-state index is 14.2. The highest BCUT2D eigenvalue weighted by atomic mass is 19.2. The van der Waals surface area contributed by atoms with Gasteiger partial charge in [-0.1, -0.05) is 19.1 Å². The predicted octanol–water partition coefficient (Wildman–Crippen LogP) is 4.18. The summed E-state index contributed by atoms with van der Waals surface area (Å²) < 4.78 is 33.5. The van der Waals surface area contributed by atoms with Crippen molar-refractivity contribution >= 4 is 0 Å². The fourth-order valence-corrected chi connectivity index (χ4v) is 2.41. The van der Waals surface area contributed by atoms with Gasteiger partial charge in [-0.3, -0.25) is 0 Å². The standard InChI is InChI=1S/C16H19F2NO/c1-5-19-16(13-8-10(3)20-11(13)4)12-7-6-9(2)14(17)15(12)18/h6-8,16,19H,5H2,1-4H3. The van der Waals surface area contributed by atoms with Crippen molar-refractivity contribution in [3.05, 3.63) is 58.0 Å². The van der Waals surface area contributed by atoms with Crippen LogP contribution in [0, 0.1) is 32.4 Å². The zero-order valence-corrected chi connectivity index (χ0v) is 12.2. The lowest BCUT2D eigenvalue weighted by molar-refractivity contribution is 0.471. The highest BCUT2D eigenvalue weighted by Gasteiger charge is 2.23. The van der Waals surface area contributed by atoms with Gasteiger partial charge in [0.1, 0.15) is 11.5 Å². The Bertz CT molecular complexity index is 619. The van der Waals surface area contributed by atoms with E-state index in [0.717, 1.165) is 11.3 Å². The van der Waals surface area contributed by atoms with E-state index in [1.165, 1.54) is 0 Å². The van der Waals surface area contributed by atoms with Crippen LogP contribution in [0.5, 0.6) is 0 Å². The van der Waals surface area contributed by atoms with Crippen LogP contribution in [0.4, 0.5) is 8.78 Å². The summed E-state index contributed by atoms with van der Waals surface area (Å²) in [5, 5.41) is 3.19. The topological polar surface area (TPSA) is 25.2 Å².